The smallest absolute Gasteiger partial charge is 0.193 e. The van der Waals surface area contributed by atoms with Gasteiger partial charge in [0, 0.05) is 46.9 Å². The molecule has 2 aliphatic heterocycles. The molecule has 0 aliphatic carbocycles. The molecule has 0 radical (unpaired) electrons. The molecule has 0 saturated carbocycles. The van der Waals surface area contributed by atoms with Crippen molar-refractivity contribution in [1.82, 2.24) is 15.1 Å². The summed E-state index contributed by atoms with van der Waals surface area (Å²) < 4.78 is 25.0. The highest BCUT2D eigenvalue weighted by molar-refractivity contribution is 14.0. The first-order valence-electron chi connectivity index (χ1n) is 10.8. The molecule has 0 bridgehead atoms. The predicted octanol–water partition coefficient (Wildman–Crippen LogP) is 3.29. The molecule has 2 saturated heterocycles. The van der Waals surface area contributed by atoms with Crippen LogP contribution < -0.4 is 5.32 Å². The largest absolute Gasteiger partial charge is 0.375 e. The minimum absolute atomic E-state index is 0. The van der Waals surface area contributed by atoms with Gasteiger partial charge in [0.2, 0.25) is 0 Å². The monoisotopic (exact) mass is 554 g/mol. The third kappa shape index (κ3) is 5.98. The quantitative estimate of drug-likeness (QED) is 0.338. The van der Waals surface area contributed by atoms with Gasteiger partial charge >= 0.3 is 0 Å². The van der Waals surface area contributed by atoms with E-state index >= 15 is 0 Å². The van der Waals surface area contributed by atoms with Crippen molar-refractivity contribution in [2.45, 2.75) is 24.8 Å². The average Bonchev–Trinajstić information content (AvgIpc) is 3.23. The third-order valence-corrected chi connectivity index (χ3v) is 6.13. The van der Waals surface area contributed by atoms with Gasteiger partial charge in [0.15, 0.2) is 5.96 Å². The van der Waals surface area contributed by atoms with E-state index in [4.69, 9.17) is 9.47 Å². The molecule has 2 fully saturated rings. The molecule has 1 N–H and O–H groups in total. The Morgan fingerprint density at radius 3 is 2.62 bits per heavy atom. The highest BCUT2D eigenvalue weighted by Crippen LogP contribution is 2.25. The first kappa shape index (κ1) is 24.9. The number of nitrogens with zero attached hydrogens (tertiary/aromatic N) is 3. The van der Waals surface area contributed by atoms with Crippen molar-refractivity contribution in [3.05, 3.63) is 71.5 Å². The van der Waals surface area contributed by atoms with Gasteiger partial charge in [0.25, 0.3) is 0 Å². The van der Waals surface area contributed by atoms with Crippen LogP contribution in [0.3, 0.4) is 0 Å². The van der Waals surface area contributed by atoms with Crippen molar-refractivity contribution in [3.63, 3.8) is 0 Å². The number of methoxy groups -OCH3 is 1. The Morgan fingerprint density at radius 1 is 1.19 bits per heavy atom. The van der Waals surface area contributed by atoms with Crippen LogP contribution in [0.5, 0.6) is 0 Å². The number of rotatable bonds is 6. The number of morpholine rings is 1. The molecule has 2 aliphatic rings. The zero-order valence-electron chi connectivity index (χ0n) is 18.6. The molecule has 4 rings (SSSR count). The summed E-state index contributed by atoms with van der Waals surface area (Å²) in [6, 6.07) is 17.4. The van der Waals surface area contributed by atoms with Crippen LogP contribution >= 0.6 is 24.0 Å². The van der Waals surface area contributed by atoms with Crippen LogP contribution in [0.2, 0.25) is 0 Å². The van der Waals surface area contributed by atoms with E-state index in [1.807, 2.05) is 0 Å². The third-order valence-electron chi connectivity index (χ3n) is 6.13. The molecule has 3 unspecified atom stereocenters. The lowest BCUT2D eigenvalue weighted by Gasteiger charge is -2.36. The van der Waals surface area contributed by atoms with Crippen LogP contribution in [0.25, 0.3) is 0 Å². The predicted molar refractivity (Wildman–Crippen MR) is 135 cm³/mol. The number of benzene rings is 2. The Labute approximate surface area is 206 Å². The number of aliphatic imine (C=N–C) groups is 1. The van der Waals surface area contributed by atoms with Crippen molar-refractivity contribution >= 4 is 29.9 Å². The molecule has 8 heteroatoms. The summed E-state index contributed by atoms with van der Waals surface area (Å²) in [4.78, 5) is 9.27. The van der Waals surface area contributed by atoms with Crippen LogP contribution in [-0.2, 0) is 16.0 Å². The van der Waals surface area contributed by atoms with E-state index in [1.54, 1.807) is 26.3 Å². The number of ether oxygens (including phenoxy) is 2. The topological polar surface area (TPSA) is 49.3 Å². The van der Waals surface area contributed by atoms with Crippen molar-refractivity contribution in [3.8, 4) is 0 Å². The van der Waals surface area contributed by atoms with Gasteiger partial charge in [-0.25, -0.2) is 4.39 Å². The minimum Gasteiger partial charge on any atom is -0.375 e. The van der Waals surface area contributed by atoms with Crippen LogP contribution in [0.15, 0.2) is 59.6 Å². The number of halogens is 2. The zero-order valence-corrected chi connectivity index (χ0v) is 20.9. The number of nitrogens with one attached hydrogen (secondary N) is 1. The van der Waals surface area contributed by atoms with Gasteiger partial charge in [-0.3, -0.25) is 9.89 Å². The summed E-state index contributed by atoms with van der Waals surface area (Å²) in [5, 5.41) is 3.43. The van der Waals surface area contributed by atoms with Gasteiger partial charge in [0.1, 0.15) is 5.82 Å². The highest BCUT2D eigenvalue weighted by atomic mass is 127. The molecule has 3 atom stereocenters. The molecule has 2 aromatic carbocycles. The molecule has 2 aromatic rings. The maximum Gasteiger partial charge on any atom is 0.193 e. The minimum atomic E-state index is -0.248. The fourth-order valence-corrected chi connectivity index (χ4v) is 4.48. The highest BCUT2D eigenvalue weighted by Gasteiger charge is 2.41. The van der Waals surface area contributed by atoms with E-state index in [-0.39, 0.29) is 42.0 Å². The lowest BCUT2D eigenvalue weighted by Crippen LogP contribution is -2.50. The molecule has 174 valence electrons. The van der Waals surface area contributed by atoms with E-state index < -0.39 is 0 Å². The standard InChI is InChI=1S/C24H31FN4O2.HI/c1-26-24(27-14-22(30-2)19-8-10-20(25)11-9-19)29-16-21-23(17-29)31-13-12-28(21)15-18-6-4-3-5-7-18;/h3-11,21-23H,12-17H2,1-2H3,(H,26,27);1H. The maximum atomic E-state index is 13.2. The summed E-state index contributed by atoms with van der Waals surface area (Å²) >= 11 is 0. The number of fused-ring (bicyclic) bond motifs is 1. The van der Waals surface area contributed by atoms with Crippen LogP contribution in [0, 0.1) is 5.82 Å². The van der Waals surface area contributed by atoms with Gasteiger partial charge in [-0.05, 0) is 23.3 Å². The summed E-state index contributed by atoms with van der Waals surface area (Å²) in [5.41, 5.74) is 2.26. The van der Waals surface area contributed by atoms with E-state index in [2.05, 4.69) is 50.4 Å². The molecule has 32 heavy (non-hydrogen) atoms. The second-order valence-corrected chi connectivity index (χ2v) is 8.04. The molecule has 0 aromatic heterocycles. The van der Waals surface area contributed by atoms with Crippen molar-refractivity contribution < 1.29 is 13.9 Å². The normalized spacial score (nSPS) is 22.2. The second-order valence-electron chi connectivity index (χ2n) is 8.04. The fourth-order valence-electron chi connectivity index (χ4n) is 4.48. The Kier molecular flexibility index (Phi) is 9.27. The average molecular weight is 554 g/mol. The molecule has 0 amide bonds. The summed E-state index contributed by atoms with van der Waals surface area (Å²) in [7, 11) is 3.46. The lowest BCUT2D eigenvalue weighted by atomic mass is 10.1. The zero-order chi connectivity index (χ0) is 21.6. The van der Waals surface area contributed by atoms with Gasteiger partial charge in [-0.1, -0.05) is 42.5 Å². The summed E-state index contributed by atoms with van der Waals surface area (Å²) in [6.45, 7) is 4.85. The molecular formula is C24H32FIN4O2. The van der Waals surface area contributed by atoms with Crippen molar-refractivity contribution in [2.75, 3.05) is 46.9 Å². The van der Waals surface area contributed by atoms with E-state index in [9.17, 15) is 4.39 Å². The van der Waals surface area contributed by atoms with Gasteiger partial charge in [0.05, 0.1) is 24.9 Å². The second kappa shape index (κ2) is 11.9. The number of likely N-dealkylation sites (tertiary alicyclic amines) is 1. The Bertz CT molecular complexity index is 868. The van der Waals surface area contributed by atoms with Crippen LogP contribution in [0.4, 0.5) is 4.39 Å². The molecule has 0 spiro atoms. The van der Waals surface area contributed by atoms with Gasteiger partial charge < -0.3 is 19.7 Å². The number of guanidine groups is 1. The Hall–Kier alpha value is -1.75. The Morgan fingerprint density at radius 2 is 1.94 bits per heavy atom. The van der Waals surface area contributed by atoms with Gasteiger partial charge in [-0.15, -0.1) is 24.0 Å². The number of hydrogen-bond acceptors (Lipinski definition) is 4. The van der Waals surface area contributed by atoms with Crippen molar-refractivity contribution in [1.29, 1.82) is 0 Å². The summed E-state index contributed by atoms with van der Waals surface area (Å²) in [5.74, 6) is 0.587. The SMILES string of the molecule is CN=C(NCC(OC)c1ccc(F)cc1)N1CC2OCCN(Cc3ccccc3)C2C1.I. The van der Waals surface area contributed by atoms with E-state index in [0.29, 0.717) is 12.6 Å². The van der Waals surface area contributed by atoms with Crippen molar-refractivity contribution in [2.24, 2.45) is 4.99 Å². The van der Waals surface area contributed by atoms with Gasteiger partial charge in [-0.2, -0.15) is 0 Å². The first-order chi connectivity index (χ1) is 15.2. The van der Waals surface area contributed by atoms with E-state index in [1.165, 1.54) is 17.7 Å². The maximum absolute atomic E-state index is 13.2. The van der Waals surface area contributed by atoms with E-state index in [0.717, 1.165) is 44.3 Å². The molecule has 2 heterocycles. The Balaban J connectivity index is 0.00000289. The molecular weight excluding hydrogens is 522 g/mol. The number of hydrogen-bond donors (Lipinski definition) is 1. The van der Waals surface area contributed by atoms with Crippen LogP contribution in [-0.4, -0.2) is 74.8 Å². The van der Waals surface area contributed by atoms with Crippen LogP contribution in [0.1, 0.15) is 17.2 Å². The fraction of sp³-hybridized carbons (Fsp3) is 0.458. The first-order valence-corrected chi connectivity index (χ1v) is 10.8. The lowest BCUT2D eigenvalue weighted by molar-refractivity contribution is -0.0502. The summed E-state index contributed by atoms with van der Waals surface area (Å²) in [6.07, 6.45) is -0.0145. The molecule has 6 nitrogen and oxygen atoms in total.